The SMILES string of the molecule is O=C(c1ccc(F)cc1Br)N1CCN(CC(F)F)CC1. The Morgan fingerprint density at radius 1 is 1.25 bits per heavy atom. The minimum atomic E-state index is -2.36. The van der Waals surface area contributed by atoms with Crippen LogP contribution in [0.4, 0.5) is 13.2 Å². The number of hydrogen-bond acceptors (Lipinski definition) is 2. The fraction of sp³-hybridized carbons (Fsp3) is 0.462. The zero-order valence-corrected chi connectivity index (χ0v) is 12.2. The molecule has 0 aliphatic carbocycles. The molecule has 0 aromatic heterocycles. The summed E-state index contributed by atoms with van der Waals surface area (Å²) in [5, 5.41) is 0. The minimum Gasteiger partial charge on any atom is -0.336 e. The molecule has 1 amide bonds. The van der Waals surface area contributed by atoms with Gasteiger partial charge in [0.25, 0.3) is 12.3 Å². The fourth-order valence-electron chi connectivity index (χ4n) is 2.16. The van der Waals surface area contributed by atoms with Crippen molar-refractivity contribution in [1.82, 2.24) is 9.80 Å². The first-order chi connectivity index (χ1) is 9.47. The van der Waals surface area contributed by atoms with Crippen molar-refractivity contribution >= 4 is 21.8 Å². The van der Waals surface area contributed by atoms with Crippen LogP contribution in [0.2, 0.25) is 0 Å². The third-order valence-electron chi connectivity index (χ3n) is 3.22. The second-order valence-electron chi connectivity index (χ2n) is 4.61. The number of alkyl halides is 2. The Bertz CT molecular complexity index is 491. The molecule has 0 N–H and O–H groups in total. The van der Waals surface area contributed by atoms with Crippen LogP contribution in [0, 0.1) is 5.82 Å². The van der Waals surface area contributed by atoms with Crippen molar-refractivity contribution in [3.8, 4) is 0 Å². The zero-order valence-electron chi connectivity index (χ0n) is 10.7. The van der Waals surface area contributed by atoms with E-state index in [2.05, 4.69) is 15.9 Å². The van der Waals surface area contributed by atoms with Gasteiger partial charge in [-0.05, 0) is 34.1 Å². The van der Waals surface area contributed by atoms with Gasteiger partial charge in [0.1, 0.15) is 5.82 Å². The summed E-state index contributed by atoms with van der Waals surface area (Å²) in [6.07, 6.45) is -2.36. The second kappa shape index (κ2) is 6.58. The number of carbonyl (C=O) groups is 1. The molecule has 20 heavy (non-hydrogen) atoms. The maximum Gasteiger partial charge on any atom is 0.255 e. The highest BCUT2D eigenvalue weighted by molar-refractivity contribution is 9.10. The van der Waals surface area contributed by atoms with Crippen LogP contribution in [0.15, 0.2) is 22.7 Å². The summed E-state index contributed by atoms with van der Waals surface area (Å²) in [7, 11) is 0. The quantitative estimate of drug-likeness (QED) is 0.836. The molecule has 0 spiro atoms. The second-order valence-corrected chi connectivity index (χ2v) is 5.46. The topological polar surface area (TPSA) is 23.6 Å². The van der Waals surface area contributed by atoms with Crippen LogP contribution in [-0.4, -0.2) is 54.9 Å². The van der Waals surface area contributed by atoms with Crippen molar-refractivity contribution in [3.63, 3.8) is 0 Å². The Kier molecular flexibility index (Phi) is 5.04. The van der Waals surface area contributed by atoms with Gasteiger partial charge in [0.15, 0.2) is 0 Å². The monoisotopic (exact) mass is 350 g/mol. The van der Waals surface area contributed by atoms with Gasteiger partial charge in [-0.1, -0.05) is 0 Å². The number of carbonyl (C=O) groups excluding carboxylic acids is 1. The number of halogens is 4. The van der Waals surface area contributed by atoms with Crippen molar-refractivity contribution in [2.45, 2.75) is 6.43 Å². The molecular formula is C13H14BrF3N2O. The van der Waals surface area contributed by atoms with Gasteiger partial charge in [0.05, 0.1) is 12.1 Å². The van der Waals surface area contributed by atoms with E-state index in [0.717, 1.165) is 0 Å². The molecule has 1 fully saturated rings. The maximum atomic E-state index is 13.0. The lowest BCUT2D eigenvalue weighted by Crippen LogP contribution is -2.49. The number of nitrogens with zero attached hydrogens (tertiary/aromatic N) is 2. The van der Waals surface area contributed by atoms with Crippen LogP contribution in [0.5, 0.6) is 0 Å². The van der Waals surface area contributed by atoms with E-state index >= 15 is 0 Å². The van der Waals surface area contributed by atoms with Gasteiger partial charge < -0.3 is 4.90 Å². The first kappa shape index (κ1) is 15.3. The molecule has 1 aliphatic rings. The molecular weight excluding hydrogens is 337 g/mol. The van der Waals surface area contributed by atoms with Crippen LogP contribution < -0.4 is 0 Å². The van der Waals surface area contributed by atoms with Crippen molar-refractivity contribution < 1.29 is 18.0 Å². The highest BCUT2D eigenvalue weighted by Gasteiger charge is 2.24. The van der Waals surface area contributed by atoms with Crippen LogP contribution in [0.3, 0.4) is 0 Å². The summed E-state index contributed by atoms with van der Waals surface area (Å²) in [6.45, 7) is 1.39. The van der Waals surface area contributed by atoms with Gasteiger partial charge in [0.2, 0.25) is 0 Å². The Labute approximate surface area is 123 Å². The molecule has 0 unspecified atom stereocenters. The predicted octanol–water partition coefficient (Wildman–Crippen LogP) is 2.61. The van der Waals surface area contributed by atoms with E-state index in [9.17, 15) is 18.0 Å². The summed E-state index contributed by atoms with van der Waals surface area (Å²) >= 11 is 3.16. The normalized spacial score (nSPS) is 16.8. The average molecular weight is 351 g/mol. The Morgan fingerprint density at radius 3 is 2.45 bits per heavy atom. The largest absolute Gasteiger partial charge is 0.336 e. The summed E-state index contributed by atoms with van der Waals surface area (Å²) in [6, 6.07) is 3.89. The first-order valence-electron chi connectivity index (χ1n) is 6.22. The van der Waals surface area contributed by atoms with Gasteiger partial charge in [0, 0.05) is 30.7 Å². The Hall–Kier alpha value is -1.08. The molecule has 1 saturated heterocycles. The van der Waals surface area contributed by atoms with Gasteiger partial charge in [-0.25, -0.2) is 13.2 Å². The van der Waals surface area contributed by atoms with E-state index in [0.29, 0.717) is 36.2 Å². The highest BCUT2D eigenvalue weighted by atomic mass is 79.9. The zero-order chi connectivity index (χ0) is 14.7. The number of amides is 1. The smallest absolute Gasteiger partial charge is 0.255 e. The van der Waals surface area contributed by atoms with Gasteiger partial charge >= 0.3 is 0 Å². The van der Waals surface area contributed by atoms with Crippen molar-refractivity contribution in [3.05, 3.63) is 34.1 Å². The molecule has 0 atom stereocenters. The Balaban J connectivity index is 1.98. The van der Waals surface area contributed by atoms with E-state index in [1.807, 2.05) is 0 Å². The first-order valence-corrected chi connectivity index (χ1v) is 7.01. The minimum absolute atomic E-state index is 0.214. The third kappa shape index (κ3) is 3.73. The van der Waals surface area contributed by atoms with E-state index in [-0.39, 0.29) is 12.5 Å². The molecule has 0 bridgehead atoms. The summed E-state index contributed by atoms with van der Waals surface area (Å²) in [5.74, 6) is -0.635. The standard InChI is InChI=1S/C13H14BrF3N2O/c14-11-7-9(15)1-2-10(11)13(20)19-5-3-18(4-6-19)8-12(16)17/h1-2,7,12H,3-6,8H2. The molecule has 1 aromatic carbocycles. The van der Waals surface area contributed by atoms with Gasteiger partial charge in [-0.2, -0.15) is 0 Å². The molecule has 3 nitrogen and oxygen atoms in total. The molecule has 2 rings (SSSR count). The van der Waals surface area contributed by atoms with Crippen molar-refractivity contribution in [2.24, 2.45) is 0 Å². The number of rotatable bonds is 3. The average Bonchev–Trinajstić information content (AvgIpc) is 2.38. The van der Waals surface area contributed by atoms with Crippen LogP contribution in [-0.2, 0) is 0 Å². The molecule has 110 valence electrons. The van der Waals surface area contributed by atoms with Gasteiger partial charge in [-0.15, -0.1) is 0 Å². The Morgan fingerprint density at radius 2 is 1.90 bits per heavy atom. The van der Waals surface area contributed by atoms with E-state index < -0.39 is 12.2 Å². The van der Waals surface area contributed by atoms with Crippen LogP contribution in [0.1, 0.15) is 10.4 Å². The fourth-order valence-corrected chi connectivity index (χ4v) is 2.68. The molecule has 1 heterocycles. The maximum absolute atomic E-state index is 13.0. The van der Waals surface area contributed by atoms with E-state index in [1.54, 1.807) is 9.80 Å². The summed E-state index contributed by atoms with van der Waals surface area (Å²) in [5.41, 5.74) is 0.383. The molecule has 7 heteroatoms. The summed E-state index contributed by atoms with van der Waals surface area (Å²) < 4.78 is 37.9. The van der Waals surface area contributed by atoms with Crippen LogP contribution >= 0.6 is 15.9 Å². The van der Waals surface area contributed by atoms with Gasteiger partial charge in [-0.3, -0.25) is 9.69 Å². The molecule has 1 aliphatic heterocycles. The van der Waals surface area contributed by atoms with Crippen LogP contribution in [0.25, 0.3) is 0 Å². The van der Waals surface area contributed by atoms with E-state index in [4.69, 9.17) is 0 Å². The molecule has 0 radical (unpaired) electrons. The molecule has 0 saturated carbocycles. The van der Waals surface area contributed by atoms with E-state index in [1.165, 1.54) is 18.2 Å². The number of piperazine rings is 1. The lowest BCUT2D eigenvalue weighted by molar-refractivity contribution is 0.0458. The lowest BCUT2D eigenvalue weighted by Gasteiger charge is -2.34. The molecule has 1 aromatic rings. The van der Waals surface area contributed by atoms with Crippen molar-refractivity contribution in [2.75, 3.05) is 32.7 Å². The third-order valence-corrected chi connectivity index (χ3v) is 3.87. The van der Waals surface area contributed by atoms with Crippen molar-refractivity contribution in [1.29, 1.82) is 0 Å². The predicted molar refractivity (Wildman–Crippen MR) is 72.4 cm³/mol. The summed E-state index contributed by atoms with van der Waals surface area (Å²) in [4.78, 5) is 15.5. The lowest BCUT2D eigenvalue weighted by atomic mass is 10.1. The number of hydrogen-bond donors (Lipinski definition) is 0. The highest BCUT2D eigenvalue weighted by Crippen LogP contribution is 2.20. The number of benzene rings is 1.